The van der Waals surface area contributed by atoms with Gasteiger partial charge in [0.25, 0.3) is 0 Å². The van der Waals surface area contributed by atoms with Crippen LogP contribution in [0.3, 0.4) is 0 Å². The van der Waals surface area contributed by atoms with Crippen molar-refractivity contribution in [3.8, 4) is 17.0 Å². The van der Waals surface area contributed by atoms with Crippen LogP contribution in [0.1, 0.15) is 37.8 Å². The van der Waals surface area contributed by atoms with E-state index in [1.807, 2.05) is 73.7 Å². The zero-order valence-corrected chi connectivity index (χ0v) is 19.3. The summed E-state index contributed by atoms with van der Waals surface area (Å²) in [5.74, 6) is 0.826. The van der Waals surface area contributed by atoms with Crippen molar-refractivity contribution in [2.24, 2.45) is 0 Å². The first-order chi connectivity index (χ1) is 16.6. The van der Waals surface area contributed by atoms with E-state index in [-0.39, 0.29) is 6.61 Å². The third kappa shape index (κ3) is 4.31. The molecular formula is C28H29N3O3. The normalized spacial score (nSPS) is 13.4. The van der Waals surface area contributed by atoms with Crippen LogP contribution in [0.4, 0.5) is 16.2 Å². The van der Waals surface area contributed by atoms with Gasteiger partial charge in [-0.1, -0.05) is 42.5 Å². The molecule has 1 aliphatic rings. The Morgan fingerprint density at radius 1 is 1.06 bits per heavy atom. The van der Waals surface area contributed by atoms with Gasteiger partial charge in [-0.15, -0.1) is 0 Å². The smallest absolute Gasteiger partial charge is 0.411 e. The van der Waals surface area contributed by atoms with E-state index < -0.39 is 6.09 Å². The number of amides is 1. The van der Waals surface area contributed by atoms with E-state index >= 15 is 0 Å². The van der Waals surface area contributed by atoms with Gasteiger partial charge in [0.2, 0.25) is 0 Å². The summed E-state index contributed by atoms with van der Waals surface area (Å²) in [6.45, 7) is 2.82. The van der Waals surface area contributed by atoms with E-state index in [0.29, 0.717) is 18.3 Å². The molecule has 0 radical (unpaired) electrons. The molecule has 0 unspecified atom stereocenters. The lowest BCUT2D eigenvalue weighted by molar-refractivity contribution is 0.155. The van der Waals surface area contributed by atoms with E-state index in [1.165, 1.54) is 6.42 Å². The second kappa shape index (κ2) is 9.51. The number of nitrogens with zero attached hydrogens (tertiary/aromatic N) is 1. The molecule has 1 fully saturated rings. The molecule has 6 heteroatoms. The molecule has 1 aromatic heterocycles. The van der Waals surface area contributed by atoms with Crippen molar-refractivity contribution in [3.05, 3.63) is 78.4 Å². The number of anilines is 2. The van der Waals surface area contributed by atoms with Crippen molar-refractivity contribution >= 4 is 28.4 Å². The fourth-order valence-corrected chi connectivity index (χ4v) is 4.48. The molecule has 5 rings (SSSR count). The van der Waals surface area contributed by atoms with Crippen LogP contribution >= 0.6 is 0 Å². The number of nitrogens with two attached hydrogens (primary N) is 1. The van der Waals surface area contributed by atoms with Crippen molar-refractivity contribution < 1.29 is 14.3 Å². The quantitative estimate of drug-likeness (QED) is 0.323. The maximum Gasteiger partial charge on any atom is 0.411 e. The fraction of sp³-hybridized carbons (Fsp3) is 0.250. The summed E-state index contributed by atoms with van der Waals surface area (Å²) in [6, 6.07) is 24.0. The Morgan fingerprint density at radius 2 is 1.82 bits per heavy atom. The maximum absolute atomic E-state index is 12.2. The van der Waals surface area contributed by atoms with Gasteiger partial charge in [0.05, 0.1) is 23.5 Å². The van der Waals surface area contributed by atoms with Crippen LogP contribution in [0.25, 0.3) is 22.2 Å². The number of nitrogens with one attached hydrogen (secondary N) is 1. The van der Waals surface area contributed by atoms with Crippen LogP contribution < -0.4 is 15.8 Å². The predicted molar refractivity (Wildman–Crippen MR) is 136 cm³/mol. The number of hydrogen-bond acceptors (Lipinski definition) is 4. The number of ether oxygens (including phenoxy) is 2. The molecule has 34 heavy (non-hydrogen) atoms. The molecule has 0 aliphatic heterocycles. The Balaban J connectivity index is 1.39. The average Bonchev–Trinajstić information content (AvgIpc) is 3.10. The van der Waals surface area contributed by atoms with E-state index in [0.717, 1.165) is 52.0 Å². The summed E-state index contributed by atoms with van der Waals surface area (Å²) in [4.78, 5) is 12.2. The van der Waals surface area contributed by atoms with Crippen LogP contribution in [-0.4, -0.2) is 17.3 Å². The fourth-order valence-electron chi connectivity index (χ4n) is 4.48. The zero-order valence-electron chi connectivity index (χ0n) is 19.3. The molecular weight excluding hydrogens is 426 g/mol. The van der Waals surface area contributed by atoms with E-state index in [2.05, 4.69) is 16.0 Å². The minimum Gasteiger partial charge on any atom is -0.494 e. The lowest BCUT2D eigenvalue weighted by Crippen LogP contribution is -2.18. The number of aromatic nitrogens is 1. The highest BCUT2D eigenvalue weighted by atomic mass is 16.5. The molecule has 0 spiro atoms. The second-order valence-corrected chi connectivity index (χ2v) is 8.59. The molecule has 1 saturated carbocycles. The van der Waals surface area contributed by atoms with Gasteiger partial charge in [-0.3, -0.25) is 5.32 Å². The molecule has 1 amide bonds. The molecule has 0 bridgehead atoms. The molecule has 174 valence electrons. The minimum absolute atomic E-state index is 0.229. The Labute approximate surface area is 199 Å². The average molecular weight is 456 g/mol. The van der Waals surface area contributed by atoms with Crippen LogP contribution in [0.2, 0.25) is 0 Å². The van der Waals surface area contributed by atoms with E-state index in [4.69, 9.17) is 15.2 Å². The SMILES string of the molecule is CCOc1ccc2c(c1)c(N)c(-c1ccc(NC(=O)OCc3ccccc3)cc1)n2C1CCC1. The molecule has 0 atom stereocenters. The highest BCUT2D eigenvalue weighted by molar-refractivity contribution is 6.02. The van der Waals surface area contributed by atoms with Gasteiger partial charge in [-0.05, 0) is 62.1 Å². The number of carbonyl (C=O) groups excluding carboxylic acids is 1. The number of hydrogen-bond donors (Lipinski definition) is 2. The first-order valence-electron chi connectivity index (χ1n) is 11.8. The van der Waals surface area contributed by atoms with Crippen LogP contribution in [-0.2, 0) is 11.3 Å². The van der Waals surface area contributed by atoms with Gasteiger partial charge in [-0.2, -0.15) is 0 Å². The van der Waals surface area contributed by atoms with Gasteiger partial charge in [-0.25, -0.2) is 4.79 Å². The molecule has 0 saturated heterocycles. The third-order valence-electron chi connectivity index (χ3n) is 6.38. The summed E-state index contributed by atoms with van der Waals surface area (Å²) in [5, 5.41) is 3.81. The summed E-state index contributed by atoms with van der Waals surface area (Å²) in [6.07, 6.45) is 3.05. The van der Waals surface area contributed by atoms with E-state index in [1.54, 1.807) is 0 Å². The Kier molecular flexibility index (Phi) is 6.12. The minimum atomic E-state index is -0.483. The van der Waals surface area contributed by atoms with Gasteiger partial charge in [0.1, 0.15) is 12.4 Å². The summed E-state index contributed by atoms with van der Waals surface area (Å²) in [7, 11) is 0. The van der Waals surface area contributed by atoms with Crippen molar-refractivity contribution in [1.82, 2.24) is 4.57 Å². The van der Waals surface area contributed by atoms with Crippen molar-refractivity contribution in [2.75, 3.05) is 17.7 Å². The zero-order chi connectivity index (χ0) is 23.5. The van der Waals surface area contributed by atoms with Crippen LogP contribution in [0.5, 0.6) is 5.75 Å². The summed E-state index contributed by atoms with van der Waals surface area (Å²) in [5.41, 5.74) is 12.2. The molecule has 1 aliphatic carbocycles. The Hall–Kier alpha value is -3.93. The first kappa shape index (κ1) is 21.9. The number of fused-ring (bicyclic) bond motifs is 1. The second-order valence-electron chi connectivity index (χ2n) is 8.59. The Bertz CT molecular complexity index is 1290. The van der Waals surface area contributed by atoms with Gasteiger partial charge in [0.15, 0.2) is 0 Å². The standard InChI is InChI=1S/C28H29N3O3/c1-2-33-23-15-16-25-24(17-23)26(29)27(31(25)22-9-6-10-22)20-11-13-21(14-12-20)30-28(32)34-18-19-7-4-3-5-8-19/h3-5,7-8,11-17,22H,2,6,9-10,18,29H2,1H3,(H,30,32). The summed E-state index contributed by atoms with van der Waals surface area (Å²) < 4.78 is 13.4. The van der Waals surface area contributed by atoms with Gasteiger partial charge in [0, 0.05) is 22.7 Å². The molecule has 3 N–H and O–H groups in total. The molecule has 3 aromatic carbocycles. The maximum atomic E-state index is 12.2. The highest BCUT2D eigenvalue weighted by Gasteiger charge is 2.27. The predicted octanol–water partition coefficient (Wildman–Crippen LogP) is 6.76. The lowest BCUT2D eigenvalue weighted by Gasteiger charge is -2.30. The number of nitrogen functional groups attached to an aromatic ring is 1. The number of rotatable bonds is 7. The van der Waals surface area contributed by atoms with Gasteiger partial charge >= 0.3 is 6.09 Å². The lowest BCUT2D eigenvalue weighted by atomic mass is 9.92. The van der Waals surface area contributed by atoms with Crippen molar-refractivity contribution in [3.63, 3.8) is 0 Å². The third-order valence-corrected chi connectivity index (χ3v) is 6.38. The topological polar surface area (TPSA) is 78.5 Å². The largest absolute Gasteiger partial charge is 0.494 e. The van der Waals surface area contributed by atoms with Crippen molar-refractivity contribution in [2.45, 2.75) is 38.8 Å². The summed E-state index contributed by atoms with van der Waals surface area (Å²) >= 11 is 0. The highest BCUT2D eigenvalue weighted by Crippen LogP contribution is 2.44. The number of benzene rings is 3. The number of carbonyl (C=O) groups is 1. The molecule has 6 nitrogen and oxygen atoms in total. The van der Waals surface area contributed by atoms with Crippen molar-refractivity contribution in [1.29, 1.82) is 0 Å². The van der Waals surface area contributed by atoms with Crippen LogP contribution in [0.15, 0.2) is 72.8 Å². The molecule has 4 aromatic rings. The first-order valence-corrected chi connectivity index (χ1v) is 11.8. The Morgan fingerprint density at radius 3 is 2.50 bits per heavy atom. The monoisotopic (exact) mass is 455 g/mol. The van der Waals surface area contributed by atoms with E-state index in [9.17, 15) is 4.79 Å². The van der Waals surface area contributed by atoms with Gasteiger partial charge < -0.3 is 19.8 Å². The van der Waals surface area contributed by atoms with Crippen LogP contribution in [0, 0.1) is 0 Å². The molecule has 1 heterocycles.